The van der Waals surface area contributed by atoms with Crippen LogP contribution < -0.4 is 16.8 Å². The Hall–Kier alpha value is -1.20. The smallest absolute Gasteiger partial charge is 0.169 e. The molecule has 0 saturated heterocycles. The van der Waals surface area contributed by atoms with Crippen LogP contribution in [0.15, 0.2) is 6.07 Å². The van der Waals surface area contributed by atoms with Crippen molar-refractivity contribution >= 4 is 28.7 Å². The Labute approximate surface area is 116 Å². The molecule has 1 saturated carbocycles. The summed E-state index contributed by atoms with van der Waals surface area (Å²) in [7, 11) is 0. The normalized spacial score (nSPS) is 23.3. The fourth-order valence-corrected chi connectivity index (χ4v) is 2.76. The molecular weight excluding hydrogens is 269 g/mol. The molecular formula is C13H19ClFN3O. The van der Waals surface area contributed by atoms with E-state index < -0.39 is 5.82 Å². The second-order valence-electron chi connectivity index (χ2n) is 5.04. The van der Waals surface area contributed by atoms with Crippen molar-refractivity contribution in [3.63, 3.8) is 0 Å². The number of benzene rings is 1. The third-order valence-corrected chi connectivity index (χ3v) is 4.12. The average Bonchev–Trinajstić information content (AvgIpc) is 2.41. The summed E-state index contributed by atoms with van der Waals surface area (Å²) in [6.07, 6.45) is 3.95. The molecule has 19 heavy (non-hydrogen) atoms. The van der Waals surface area contributed by atoms with E-state index in [4.69, 9.17) is 23.1 Å². The fraction of sp³-hybridized carbons (Fsp3) is 0.538. The van der Waals surface area contributed by atoms with Crippen LogP contribution in [0.25, 0.3) is 0 Å². The van der Waals surface area contributed by atoms with Gasteiger partial charge in [-0.3, -0.25) is 0 Å². The summed E-state index contributed by atoms with van der Waals surface area (Å²) in [4.78, 5) is 0. The number of nitrogens with one attached hydrogen (secondary N) is 1. The number of hydrogen-bond donors (Lipinski definition) is 4. The Morgan fingerprint density at radius 1 is 1.32 bits per heavy atom. The molecule has 6 N–H and O–H groups in total. The van der Waals surface area contributed by atoms with Crippen LogP contribution in [0.4, 0.5) is 21.5 Å². The molecule has 106 valence electrons. The van der Waals surface area contributed by atoms with Crippen LogP contribution in [0.3, 0.4) is 0 Å². The number of nitrogen functional groups attached to an aromatic ring is 2. The lowest BCUT2D eigenvalue weighted by Crippen LogP contribution is -2.35. The van der Waals surface area contributed by atoms with Gasteiger partial charge in [-0.25, -0.2) is 4.39 Å². The van der Waals surface area contributed by atoms with Crippen LogP contribution in [0.2, 0.25) is 5.02 Å². The Balaban J connectivity index is 2.25. The van der Waals surface area contributed by atoms with E-state index in [-0.39, 0.29) is 40.7 Å². The van der Waals surface area contributed by atoms with E-state index in [0.29, 0.717) is 0 Å². The first-order chi connectivity index (χ1) is 9.04. The minimum atomic E-state index is -0.624. The Kier molecular flexibility index (Phi) is 4.37. The van der Waals surface area contributed by atoms with Crippen molar-refractivity contribution in [2.24, 2.45) is 5.92 Å². The van der Waals surface area contributed by atoms with Gasteiger partial charge < -0.3 is 21.9 Å². The van der Waals surface area contributed by atoms with Gasteiger partial charge in [-0.05, 0) is 18.9 Å². The largest absolute Gasteiger partial charge is 0.397 e. The Morgan fingerprint density at radius 2 is 2.00 bits per heavy atom. The van der Waals surface area contributed by atoms with Crippen LogP contribution in [-0.2, 0) is 0 Å². The van der Waals surface area contributed by atoms with Crippen molar-refractivity contribution in [2.75, 3.05) is 23.4 Å². The second kappa shape index (κ2) is 5.84. The molecule has 1 aliphatic rings. The molecule has 0 bridgehead atoms. The Bertz CT molecular complexity index is 470. The predicted octanol–water partition coefficient (Wildman–Crippen LogP) is 2.61. The maximum absolute atomic E-state index is 14.1. The van der Waals surface area contributed by atoms with Gasteiger partial charge >= 0.3 is 0 Å². The van der Waals surface area contributed by atoms with Crippen molar-refractivity contribution < 1.29 is 9.50 Å². The van der Waals surface area contributed by atoms with Gasteiger partial charge in [-0.2, -0.15) is 0 Å². The molecule has 1 aromatic carbocycles. The van der Waals surface area contributed by atoms with Gasteiger partial charge in [0.1, 0.15) is 5.02 Å². The zero-order chi connectivity index (χ0) is 14.0. The number of hydrogen-bond acceptors (Lipinski definition) is 4. The van der Waals surface area contributed by atoms with E-state index in [0.717, 1.165) is 25.7 Å². The highest BCUT2D eigenvalue weighted by Crippen LogP contribution is 2.36. The van der Waals surface area contributed by atoms with Gasteiger partial charge in [-0.15, -0.1) is 0 Å². The maximum atomic E-state index is 14.1. The van der Waals surface area contributed by atoms with E-state index in [9.17, 15) is 9.50 Å². The minimum absolute atomic E-state index is 0.00948. The molecule has 6 heteroatoms. The standard InChI is InChI=1S/C13H19ClFN3O/c14-11-8(16)5-9(17)13(12(11)15)18-10-4-2-1-3-7(10)6-19/h5,7,10,18-19H,1-4,6,16-17H2. The molecule has 2 atom stereocenters. The first-order valence-corrected chi connectivity index (χ1v) is 6.82. The maximum Gasteiger partial charge on any atom is 0.169 e. The molecule has 0 spiro atoms. The van der Waals surface area contributed by atoms with E-state index >= 15 is 0 Å². The van der Waals surface area contributed by atoms with E-state index in [1.807, 2.05) is 0 Å². The molecule has 0 heterocycles. The number of nitrogens with two attached hydrogens (primary N) is 2. The summed E-state index contributed by atoms with van der Waals surface area (Å²) in [6.45, 7) is 0.0852. The van der Waals surface area contributed by atoms with Crippen molar-refractivity contribution in [1.29, 1.82) is 0 Å². The minimum Gasteiger partial charge on any atom is -0.397 e. The van der Waals surface area contributed by atoms with Crippen molar-refractivity contribution in [2.45, 2.75) is 31.7 Å². The van der Waals surface area contributed by atoms with Crippen molar-refractivity contribution in [3.8, 4) is 0 Å². The lowest BCUT2D eigenvalue weighted by atomic mass is 9.85. The summed E-state index contributed by atoms with van der Waals surface area (Å²) >= 11 is 5.80. The third kappa shape index (κ3) is 2.87. The zero-order valence-corrected chi connectivity index (χ0v) is 11.4. The lowest BCUT2D eigenvalue weighted by Gasteiger charge is -2.32. The quantitative estimate of drug-likeness (QED) is 0.644. The van der Waals surface area contributed by atoms with Gasteiger partial charge in [0.15, 0.2) is 5.82 Å². The highest BCUT2D eigenvalue weighted by atomic mass is 35.5. The first-order valence-electron chi connectivity index (χ1n) is 6.45. The summed E-state index contributed by atoms with van der Waals surface area (Å²) in [5.41, 5.74) is 11.9. The van der Waals surface area contributed by atoms with Gasteiger partial charge in [0.2, 0.25) is 0 Å². The van der Waals surface area contributed by atoms with Crippen LogP contribution in [0.5, 0.6) is 0 Å². The lowest BCUT2D eigenvalue weighted by molar-refractivity contribution is 0.178. The Morgan fingerprint density at radius 3 is 2.68 bits per heavy atom. The number of anilines is 3. The number of halogens is 2. The van der Waals surface area contributed by atoms with Crippen LogP contribution in [-0.4, -0.2) is 17.8 Å². The van der Waals surface area contributed by atoms with Gasteiger partial charge in [-0.1, -0.05) is 24.4 Å². The average molecular weight is 288 g/mol. The van der Waals surface area contributed by atoms with Gasteiger partial charge in [0, 0.05) is 18.6 Å². The molecule has 0 aliphatic heterocycles. The van der Waals surface area contributed by atoms with Gasteiger partial charge in [0.05, 0.1) is 17.1 Å². The molecule has 0 aromatic heterocycles. The van der Waals surface area contributed by atoms with Crippen LogP contribution in [0, 0.1) is 11.7 Å². The second-order valence-corrected chi connectivity index (χ2v) is 5.41. The van der Waals surface area contributed by atoms with Crippen molar-refractivity contribution in [3.05, 3.63) is 16.9 Å². The molecule has 0 amide bonds. The third-order valence-electron chi connectivity index (χ3n) is 3.74. The van der Waals surface area contributed by atoms with Crippen molar-refractivity contribution in [1.82, 2.24) is 0 Å². The fourth-order valence-electron chi connectivity index (χ4n) is 2.61. The van der Waals surface area contributed by atoms with Gasteiger partial charge in [0.25, 0.3) is 0 Å². The zero-order valence-electron chi connectivity index (χ0n) is 10.6. The number of aliphatic hydroxyl groups is 1. The SMILES string of the molecule is Nc1cc(N)c(NC2CCCCC2CO)c(F)c1Cl. The molecule has 0 radical (unpaired) electrons. The van der Waals surface area contributed by atoms with Crippen LogP contribution in [0.1, 0.15) is 25.7 Å². The van der Waals surface area contributed by atoms with E-state index in [2.05, 4.69) is 5.32 Å². The highest BCUT2D eigenvalue weighted by molar-refractivity contribution is 6.33. The molecule has 2 rings (SSSR count). The molecule has 2 unspecified atom stereocenters. The summed E-state index contributed by atoms with van der Waals surface area (Å²) < 4.78 is 14.1. The van der Waals surface area contributed by atoms with Crippen LogP contribution >= 0.6 is 11.6 Å². The predicted molar refractivity (Wildman–Crippen MR) is 76.7 cm³/mol. The topological polar surface area (TPSA) is 84.3 Å². The summed E-state index contributed by atoms with van der Waals surface area (Å²) in [5.74, 6) is -0.509. The summed E-state index contributed by atoms with van der Waals surface area (Å²) in [5, 5.41) is 12.3. The highest BCUT2D eigenvalue weighted by Gasteiger charge is 2.26. The number of aliphatic hydroxyl groups excluding tert-OH is 1. The number of rotatable bonds is 3. The molecule has 1 aromatic rings. The monoisotopic (exact) mass is 287 g/mol. The molecule has 1 aliphatic carbocycles. The first kappa shape index (κ1) is 14.2. The molecule has 1 fully saturated rings. The molecule has 4 nitrogen and oxygen atoms in total. The van der Waals surface area contributed by atoms with E-state index in [1.54, 1.807) is 0 Å². The summed E-state index contributed by atoms with van der Waals surface area (Å²) in [6, 6.07) is 1.46. The van der Waals surface area contributed by atoms with E-state index in [1.165, 1.54) is 6.07 Å².